The van der Waals surface area contributed by atoms with Crippen molar-refractivity contribution in [1.29, 1.82) is 0 Å². The van der Waals surface area contributed by atoms with E-state index in [4.69, 9.17) is 5.10 Å². The lowest BCUT2D eigenvalue weighted by Gasteiger charge is -2.21. The Labute approximate surface area is 191 Å². The first-order chi connectivity index (χ1) is 15.6. The second-order valence-electron chi connectivity index (χ2n) is 8.06. The summed E-state index contributed by atoms with van der Waals surface area (Å²) >= 11 is 1.41. The van der Waals surface area contributed by atoms with E-state index in [1.165, 1.54) is 22.9 Å². The van der Waals surface area contributed by atoms with Crippen molar-refractivity contribution >= 4 is 34.4 Å². The quantitative estimate of drug-likeness (QED) is 0.408. The number of carbonyl (C=O) groups is 1. The minimum Gasteiger partial charge on any atom is -0.333 e. The van der Waals surface area contributed by atoms with E-state index >= 15 is 0 Å². The van der Waals surface area contributed by atoms with Crippen LogP contribution in [-0.4, -0.2) is 32.3 Å². The zero-order valence-corrected chi connectivity index (χ0v) is 18.9. The maximum Gasteiger partial charge on any atom is 0.253 e. The van der Waals surface area contributed by atoms with Gasteiger partial charge in [0.1, 0.15) is 0 Å². The van der Waals surface area contributed by atoms with Crippen LogP contribution in [0.4, 0.5) is 0 Å². The van der Waals surface area contributed by atoms with Crippen molar-refractivity contribution in [2.24, 2.45) is 5.10 Å². The van der Waals surface area contributed by atoms with Gasteiger partial charge in [-0.05, 0) is 54.3 Å². The van der Waals surface area contributed by atoms with Crippen LogP contribution in [0, 0.1) is 13.8 Å². The number of rotatable bonds is 5. The number of aryl methyl sites for hydroxylation is 2. The molecule has 32 heavy (non-hydrogen) atoms. The maximum atomic E-state index is 13.3. The number of carbonyl (C=O) groups excluding carboxylic acids is 1. The molecule has 0 saturated carbocycles. The maximum absolute atomic E-state index is 13.3. The van der Waals surface area contributed by atoms with Gasteiger partial charge in [0.2, 0.25) is 0 Å². The Morgan fingerprint density at radius 3 is 2.59 bits per heavy atom. The third kappa shape index (κ3) is 4.06. The summed E-state index contributed by atoms with van der Waals surface area (Å²) in [5.41, 5.74) is 7.48. The van der Waals surface area contributed by atoms with E-state index in [0.717, 1.165) is 33.0 Å². The van der Waals surface area contributed by atoms with Gasteiger partial charge in [-0.2, -0.15) is 5.10 Å². The summed E-state index contributed by atoms with van der Waals surface area (Å²) in [5.74, 6) is 0.246. The molecule has 1 N–H and O–H groups in total. The molecular weight excluding hydrogens is 416 g/mol. The smallest absolute Gasteiger partial charge is 0.253 e. The number of thioether (sulfide) groups is 1. The average Bonchev–Trinajstić information content (AvgIpc) is 3.44. The van der Waals surface area contributed by atoms with Crippen molar-refractivity contribution in [2.45, 2.75) is 31.5 Å². The molecule has 1 aliphatic heterocycles. The molecule has 1 aromatic heterocycles. The SMILES string of the molecule is Cc1ccc(C2=NN(C(=O)CSc3nc4ccccc4[nH]3)C(c3ccccc3)C2)cc1C. The topological polar surface area (TPSA) is 61.4 Å². The molecule has 0 aliphatic carbocycles. The molecule has 0 saturated heterocycles. The Hall–Kier alpha value is -3.38. The summed E-state index contributed by atoms with van der Waals surface area (Å²) in [6, 6.07) is 24.3. The van der Waals surface area contributed by atoms with E-state index in [-0.39, 0.29) is 17.7 Å². The summed E-state index contributed by atoms with van der Waals surface area (Å²) in [4.78, 5) is 21.1. The standard InChI is InChI=1S/C26H24N4OS/c1-17-12-13-20(14-18(17)2)23-15-24(19-8-4-3-5-9-19)30(29-23)25(31)16-32-26-27-21-10-6-7-11-22(21)28-26/h3-14,24H,15-16H2,1-2H3,(H,27,28). The second-order valence-corrected chi connectivity index (χ2v) is 9.03. The van der Waals surface area contributed by atoms with E-state index in [2.05, 4.69) is 54.1 Å². The average molecular weight is 441 g/mol. The Morgan fingerprint density at radius 1 is 1.03 bits per heavy atom. The summed E-state index contributed by atoms with van der Waals surface area (Å²) in [6.45, 7) is 4.21. The van der Waals surface area contributed by atoms with Crippen LogP contribution in [0.5, 0.6) is 0 Å². The van der Waals surface area contributed by atoms with E-state index in [0.29, 0.717) is 6.42 Å². The number of aromatic nitrogens is 2. The lowest BCUT2D eigenvalue weighted by molar-refractivity contribution is -0.130. The predicted molar refractivity (Wildman–Crippen MR) is 130 cm³/mol. The molecule has 1 aliphatic rings. The van der Waals surface area contributed by atoms with Gasteiger partial charge in [-0.25, -0.2) is 9.99 Å². The largest absolute Gasteiger partial charge is 0.333 e. The minimum absolute atomic E-state index is 0.0249. The first kappa shape index (κ1) is 20.5. The number of benzene rings is 3. The molecule has 1 amide bonds. The van der Waals surface area contributed by atoms with E-state index in [9.17, 15) is 4.79 Å². The third-order valence-corrected chi connectivity index (χ3v) is 6.75. The van der Waals surface area contributed by atoms with Crippen molar-refractivity contribution in [1.82, 2.24) is 15.0 Å². The molecule has 1 unspecified atom stereocenters. The Morgan fingerprint density at radius 2 is 1.81 bits per heavy atom. The van der Waals surface area contributed by atoms with Crippen molar-refractivity contribution in [3.8, 4) is 0 Å². The van der Waals surface area contributed by atoms with Crippen LogP contribution < -0.4 is 0 Å². The van der Waals surface area contributed by atoms with Crippen LogP contribution >= 0.6 is 11.8 Å². The lowest BCUT2D eigenvalue weighted by Crippen LogP contribution is -2.28. The van der Waals surface area contributed by atoms with Crippen LogP contribution in [0.3, 0.4) is 0 Å². The molecule has 5 nitrogen and oxygen atoms in total. The highest BCUT2D eigenvalue weighted by Crippen LogP contribution is 2.34. The first-order valence-corrected chi connectivity index (χ1v) is 11.7. The van der Waals surface area contributed by atoms with E-state index in [1.807, 2.05) is 42.5 Å². The number of aromatic amines is 1. The first-order valence-electron chi connectivity index (χ1n) is 10.7. The molecule has 6 heteroatoms. The number of imidazole rings is 1. The van der Waals surface area contributed by atoms with Crippen LogP contribution in [0.15, 0.2) is 83.1 Å². The number of para-hydroxylation sites is 2. The fourth-order valence-electron chi connectivity index (χ4n) is 3.96. The Bertz CT molecular complexity index is 1280. The number of nitrogens with zero attached hydrogens (tertiary/aromatic N) is 3. The third-order valence-electron chi connectivity index (χ3n) is 5.89. The molecular formula is C26H24N4OS. The van der Waals surface area contributed by atoms with Gasteiger partial charge in [-0.3, -0.25) is 4.79 Å². The molecule has 0 spiro atoms. The van der Waals surface area contributed by atoms with Crippen molar-refractivity contribution in [3.63, 3.8) is 0 Å². The highest BCUT2D eigenvalue weighted by Gasteiger charge is 2.33. The van der Waals surface area contributed by atoms with Crippen LogP contribution in [0.25, 0.3) is 11.0 Å². The van der Waals surface area contributed by atoms with Gasteiger partial charge in [0.25, 0.3) is 5.91 Å². The minimum atomic E-state index is -0.100. The van der Waals surface area contributed by atoms with Gasteiger partial charge in [0.05, 0.1) is 28.5 Å². The van der Waals surface area contributed by atoms with Crippen molar-refractivity contribution in [2.75, 3.05) is 5.75 Å². The fourth-order valence-corrected chi connectivity index (χ4v) is 4.70. The Balaban J connectivity index is 1.40. The molecule has 3 aromatic carbocycles. The van der Waals surface area contributed by atoms with Gasteiger partial charge >= 0.3 is 0 Å². The monoisotopic (exact) mass is 440 g/mol. The summed E-state index contributed by atoms with van der Waals surface area (Å²) in [6.07, 6.45) is 0.702. The summed E-state index contributed by atoms with van der Waals surface area (Å²) < 4.78 is 0. The molecule has 0 radical (unpaired) electrons. The van der Waals surface area contributed by atoms with Crippen molar-refractivity contribution in [3.05, 3.63) is 95.1 Å². The molecule has 2 heterocycles. The number of nitrogens with one attached hydrogen (secondary N) is 1. The van der Waals surface area contributed by atoms with Crippen LogP contribution in [0.2, 0.25) is 0 Å². The molecule has 4 aromatic rings. The molecule has 5 rings (SSSR count). The van der Waals surface area contributed by atoms with Gasteiger partial charge in [0, 0.05) is 6.42 Å². The molecule has 1 atom stereocenters. The van der Waals surface area contributed by atoms with Crippen LogP contribution in [0.1, 0.15) is 34.7 Å². The summed E-state index contributed by atoms with van der Waals surface area (Å²) in [7, 11) is 0. The van der Waals surface area contributed by atoms with Gasteiger partial charge in [0.15, 0.2) is 5.16 Å². The van der Waals surface area contributed by atoms with Gasteiger partial charge in [-0.15, -0.1) is 0 Å². The normalized spacial score (nSPS) is 15.9. The second kappa shape index (κ2) is 8.63. The molecule has 160 valence electrons. The van der Waals surface area contributed by atoms with E-state index < -0.39 is 0 Å². The van der Waals surface area contributed by atoms with Gasteiger partial charge in [-0.1, -0.05) is 66.4 Å². The number of hydrogen-bond acceptors (Lipinski definition) is 4. The number of hydrazone groups is 1. The highest BCUT2D eigenvalue weighted by atomic mass is 32.2. The highest BCUT2D eigenvalue weighted by molar-refractivity contribution is 7.99. The molecule has 0 fully saturated rings. The zero-order chi connectivity index (χ0) is 22.1. The predicted octanol–water partition coefficient (Wildman–Crippen LogP) is 5.65. The van der Waals surface area contributed by atoms with Crippen LogP contribution in [-0.2, 0) is 4.79 Å². The number of hydrogen-bond donors (Lipinski definition) is 1. The Kier molecular flexibility index (Phi) is 5.53. The summed E-state index contributed by atoms with van der Waals surface area (Å²) in [5, 5.41) is 7.20. The number of H-pyrrole nitrogens is 1. The fraction of sp³-hybridized carbons (Fsp3) is 0.192. The van der Waals surface area contributed by atoms with Gasteiger partial charge < -0.3 is 4.98 Å². The molecule has 0 bridgehead atoms. The van der Waals surface area contributed by atoms with E-state index in [1.54, 1.807) is 5.01 Å². The number of fused-ring (bicyclic) bond motifs is 1. The lowest BCUT2D eigenvalue weighted by atomic mass is 9.96. The zero-order valence-electron chi connectivity index (χ0n) is 18.1. The van der Waals surface area contributed by atoms with Crippen molar-refractivity contribution < 1.29 is 4.79 Å². The number of amides is 1.